The third-order valence-electron chi connectivity index (χ3n) is 4.79. The average molecular weight is 366 g/mol. The van der Waals surface area contributed by atoms with E-state index in [1.54, 1.807) is 29.2 Å². The minimum absolute atomic E-state index is 0.131. The van der Waals surface area contributed by atoms with Crippen molar-refractivity contribution in [2.24, 2.45) is 5.92 Å². The van der Waals surface area contributed by atoms with Crippen LogP contribution in [0.25, 0.3) is 0 Å². The van der Waals surface area contributed by atoms with Crippen LogP contribution in [0.15, 0.2) is 48.5 Å². The summed E-state index contributed by atoms with van der Waals surface area (Å²) in [5, 5.41) is 2.92. The maximum Gasteiger partial charge on any atom is 0.337 e. The Morgan fingerprint density at radius 3 is 2.70 bits per heavy atom. The number of anilines is 1. The normalized spacial score (nSPS) is 16.3. The van der Waals surface area contributed by atoms with Crippen molar-refractivity contribution in [3.05, 3.63) is 65.2 Å². The van der Waals surface area contributed by atoms with Gasteiger partial charge in [0.1, 0.15) is 0 Å². The maximum atomic E-state index is 12.5. The van der Waals surface area contributed by atoms with Crippen LogP contribution in [0.2, 0.25) is 0 Å². The Labute approximate surface area is 158 Å². The monoisotopic (exact) mass is 366 g/mol. The summed E-state index contributed by atoms with van der Waals surface area (Å²) in [5.74, 6) is -1.15. The van der Waals surface area contributed by atoms with E-state index < -0.39 is 11.9 Å². The molecule has 1 aliphatic rings. The second-order valence-electron chi connectivity index (χ2n) is 6.59. The van der Waals surface area contributed by atoms with E-state index in [1.807, 2.05) is 31.2 Å². The summed E-state index contributed by atoms with van der Waals surface area (Å²) >= 11 is 0. The molecule has 6 nitrogen and oxygen atoms in total. The molecular weight excluding hydrogens is 344 g/mol. The molecule has 3 rings (SSSR count). The first kappa shape index (κ1) is 18.6. The van der Waals surface area contributed by atoms with Crippen molar-refractivity contribution in [3.63, 3.8) is 0 Å². The van der Waals surface area contributed by atoms with Crippen molar-refractivity contribution >= 4 is 23.5 Å². The minimum Gasteiger partial charge on any atom is -0.465 e. The molecule has 0 spiro atoms. The highest BCUT2D eigenvalue weighted by molar-refractivity contribution is 6.01. The number of carbonyl (C=O) groups excluding carboxylic acids is 3. The number of hydrogen-bond donors (Lipinski definition) is 1. The van der Waals surface area contributed by atoms with Gasteiger partial charge in [0.05, 0.1) is 18.6 Å². The van der Waals surface area contributed by atoms with E-state index in [1.165, 1.54) is 7.11 Å². The summed E-state index contributed by atoms with van der Waals surface area (Å²) in [4.78, 5) is 38.1. The van der Waals surface area contributed by atoms with Crippen molar-refractivity contribution in [3.8, 4) is 0 Å². The zero-order chi connectivity index (χ0) is 19.4. The van der Waals surface area contributed by atoms with E-state index in [0.717, 1.165) is 11.1 Å². The number of ether oxygens (including phenoxy) is 1. The lowest BCUT2D eigenvalue weighted by molar-refractivity contribution is -0.126. The van der Waals surface area contributed by atoms with Crippen LogP contribution in [-0.4, -0.2) is 31.4 Å². The highest BCUT2D eigenvalue weighted by Crippen LogP contribution is 2.26. The number of nitrogens with zero attached hydrogens (tertiary/aromatic N) is 1. The van der Waals surface area contributed by atoms with Gasteiger partial charge < -0.3 is 15.0 Å². The van der Waals surface area contributed by atoms with Gasteiger partial charge in [-0.05, 0) is 36.2 Å². The number of hydrogen-bond acceptors (Lipinski definition) is 4. The molecule has 27 heavy (non-hydrogen) atoms. The number of nitrogens with one attached hydrogen (secondary N) is 1. The van der Waals surface area contributed by atoms with Gasteiger partial charge in [-0.15, -0.1) is 0 Å². The quantitative estimate of drug-likeness (QED) is 0.825. The SMILES string of the molecule is COC(=O)c1cccc(N2CC(C(=O)NCc3ccccc3C)CC2=O)c1. The summed E-state index contributed by atoms with van der Waals surface area (Å²) < 4.78 is 4.72. The predicted molar refractivity (Wildman–Crippen MR) is 101 cm³/mol. The summed E-state index contributed by atoms with van der Waals surface area (Å²) in [7, 11) is 1.31. The fourth-order valence-corrected chi connectivity index (χ4v) is 3.19. The van der Waals surface area contributed by atoms with Crippen molar-refractivity contribution < 1.29 is 19.1 Å². The lowest BCUT2D eigenvalue weighted by Gasteiger charge is -2.17. The molecule has 0 radical (unpaired) electrons. The Morgan fingerprint density at radius 2 is 1.96 bits per heavy atom. The van der Waals surface area contributed by atoms with Crippen LogP contribution >= 0.6 is 0 Å². The Morgan fingerprint density at radius 1 is 1.19 bits per heavy atom. The van der Waals surface area contributed by atoms with Crippen LogP contribution < -0.4 is 10.2 Å². The average Bonchev–Trinajstić information content (AvgIpc) is 3.08. The summed E-state index contributed by atoms with van der Waals surface area (Å²) in [6.45, 7) is 2.73. The Bertz CT molecular complexity index is 878. The van der Waals surface area contributed by atoms with Gasteiger partial charge in [-0.25, -0.2) is 4.79 Å². The zero-order valence-corrected chi connectivity index (χ0v) is 15.4. The number of benzene rings is 2. The molecule has 0 saturated carbocycles. The smallest absolute Gasteiger partial charge is 0.337 e. The second kappa shape index (κ2) is 8.03. The van der Waals surface area contributed by atoms with Gasteiger partial charge in [-0.2, -0.15) is 0 Å². The van der Waals surface area contributed by atoms with Crippen LogP contribution in [0.3, 0.4) is 0 Å². The van der Waals surface area contributed by atoms with Crippen molar-refractivity contribution in [1.29, 1.82) is 0 Å². The summed E-state index contributed by atoms with van der Waals surface area (Å²) in [5.41, 5.74) is 3.13. The molecule has 2 amide bonds. The number of aryl methyl sites for hydroxylation is 1. The molecule has 0 bridgehead atoms. The Kier molecular flexibility index (Phi) is 5.54. The van der Waals surface area contributed by atoms with Gasteiger partial charge in [0.25, 0.3) is 0 Å². The third-order valence-corrected chi connectivity index (χ3v) is 4.79. The van der Waals surface area contributed by atoms with Gasteiger partial charge >= 0.3 is 5.97 Å². The first-order valence-electron chi connectivity index (χ1n) is 8.80. The van der Waals surface area contributed by atoms with E-state index in [-0.39, 0.29) is 18.2 Å². The highest BCUT2D eigenvalue weighted by atomic mass is 16.5. The van der Waals surface area contributed by atoms with Gasteiger partial charge in [0, 0.05) is 25.2 Å². The van der Waals surface area contributed by atoms with Crippen LogP contribution in [0.4, 0.5) is 5.69 Å². The highest BCUT2D eigenvalue weighted by Gasteiger charge is 2.35. The molecule has 1 heterocycles. The van der Waals surface area contributed by atoms with Crippen molar-refractivity contribution in [2.75, 3.05) is 18.6 Å². The van der Waals surface area contributed by atoms with E-state index >= 15 is 0 Å². The van der Waals surface area contributed by atoms with Gasteiger partial charge in [0.2, 0.25) is 11.8 Å². The van der Waals surface area contributed by atoms with Crippen molar-refractivity contribution in [2.45, 2.75) is 19.9 Å². The Hall–Kier alpha value is -3.15. The molecule has 0 aromatic heterocycles. The molecule has 6 heteroatoms. The number of amides is 2. The molecule has 0 aliphatic carbocycles. The number of methoxy groups -OCH3 is 1. The largest absolute Gasteiger partial charge is 0.465 e. The van der Waals surface area contributed by atoms with Crippen molar-refractivity contribution in [1.82, 2.24) is 5.32 Å². The van der Waals surface area contributed by atoms with E-state index in [0.29, 0.717) is 24.3 Å². The fraction of sp³-hybridized carbons (Fsp3) is 0.286. The van der Waals surface area contributed by atoms with Crippen LogP contribution in [0.5, 0.6) is 0 Å². The van der Waals surface area contributed by atoms with Gasteiger partial charge in [-0.3, -0.25) is 9.59 Å². The predicted octanol–water partition coefficient (Wildman–Crippen LogP) is 2.45. The Balaban J connectivity index is 1.65. The van der Waals surface area contributed by atoms with E-state index in [4.69, 9.17) is 4.74 Å². The molecule has 1 atom stereocenters. The summed E-state index contributed by atoms with van der Waals surface area (Å²) in [6, 6.07) is 14.5. The molecule has 1 aliphatic heterocycles. The first-order valence-corrected chi connectivity index (χ1v) is 8.80. The molecule has 2 aromatic rings. The second-order valence-corrected chi connectivity index (χ2v) is 6.59. The van der Waals surface area contributed by atoms with Crippen LogP contribution in [0, 0.1) is 12.8 Å². The zero-order valence-electron chi connectivity index (χ0n) is 15.4. The maximum absolute atomic E-state index is 12.5. The van der Waals surface area contributed by atoms with Gasteiger partial charge in [-0.1, -0.05) is 30.3 Å². The molecule has 1 N–H and O–H groups in total. The molecule has 1 unspecified atom stereocenters. The molecule has 1 fully saturated rings. The van der Waals surface area contributed by atoms with E-state index in [9.17, 15) is 14.4 Å². The first-order chi connectivity index (χ1) is 13.0. The molecule has 1 saturated heterocycles. The van der Waals surface area contributed by atoms with Gasteiger partial charge in [0.15, 0.2) is 0 Å². The third kappa shape index (κ3) is 4.16. The standard InChI is InChI=1S/C21H22N2O4/c1-14-6-3-4-7-16(14)12-22-20(25)17-11-19(24)23(13-17)18-9-5-8-15(10-18)21(26)27-2/h3-10,17H,11-13H2,1-2H3,(H,22,25). The molecule has 2 aromatic carbocycles. The number of esters is 1. The fourth-order valence-electron chi connectivity index (χ4n) is 3.19. The number of rotatable bonds is 5. The minimum atomic E-state index is -0.462. The molecule has 140 valence electrons. The summed E-state index contributed by atoms with van der Waals surface area (Å²) in [6.07, 6.45) is 0.155. The lowest BCUT2D eigenvalue weighted by atomic mass is 10.1. The topological polar surface area (TPSA) is 75.7 Å². The molecular formula is C21H22N2O4. The van der Waals surface area contributed by atoms with Crippen LogP contribution in [-0.2, 0) is 20.9 Å². The van der Waals surface area contributed by atoms with Crippen LogP contribution in [0.1, 0.15) is 27.9 Å². The lowest BCUT2D eigenvalue weighted by Crippen LogP contribution is -2.32. The van der Waals surface area contributed by atoms with E-state index in [2.05, 4.69) is 5.32 Å². The number of carbonyl (C=O) groups is 3.